The van der Waals surface area contributed by atoms with E-state index in [1.165, 1.54) is 25.0 Å². The summed E-state index contributed by atoms with van der Waals surface area (Å²) in [4.78, 5) is 0. The van der Waals surface area contributed by atoms with E-state index in [1.54, 1.807) is 13.2 Å². The molecule has 0 aliphatic heterocycles. The Kier molecular flexibility index (Phi) is 5.20. The van der Waals surface area contributed by atoms with Crippen molar-refractivity contribution in [2.24, 2.45) is 5.92 Å². The van der Waals surface area contributed by atoms with Gasteiger partial charge in [-0.25, -0.2) is 4.39 Å². The maximum atomic E-state index is 13.5. The zero-order valence-corrected chi connectivity index (χ0v) is 12.2. The molecule has 1 saturated carbocycles. The predicted octanol–water partition coefficient (Wildman–Crippen LogP) is 3.94. The van der Waals surface area contributed by atoms with Crippen LogP contribution >= 0.6 is 11.6 Å². The Morgan fingerprint density at radius 3 is 2.79 bits per heavy atom. The lowest BCUT2D eigenvalue weighted by Gasteiger charge is -2.28. The maximum absolute atomic E-state index is 13.5. The van der Waals surface area contributed by atoms with E-state index in [2.05, 4.69) is 12.2 Å². The van der Waals surface area contributed by atoms with Crippen molar-refractivity contribution in [1.82, 2.24) is 5.32 Å². The number of ether oxygens (including phenoxy) is 1. The Morgan fingerprint density at radius 1 is 1.47 bits per heavy atom. The van der Waals surface area contributed by atoms with E-state index in [0.717, 1.165) is 18.5 Å². The van der Waals surface area contributed by atoms with Crippen LogP contribution in [0.15, 0.2) is 18.2 Å². The normalized spacial score (nSPS) is 18.3. The number of rotatable bonds is 7. The van der Waals surface area contributed by atoms with E-state index in [-0.39, 0.29) is 18.0 Å². The van der Waals surface area contributed by atoms with Crippen LogP contribution in [-0.4, -0.2) is 19.8 Å². The summed E-state index contributed by atoms with van der Waals surface area (Å²) in [5, 5.41) is 4.05. The number of hydrogen-bond donors (Lipinski definition) is 1. The number of halogens is 2. The molecule has 0 spiro atoms. The minimum absolute atomic E-state index is 0.0411. The topological polar surface area (TPSA) is 21.3 Å². The quantitative estimate of drug-likeness (QED) is 0.819. The second kappa shape index (κ2) is 6.69. The van der Waals surface area contributed by atoms with Gasteiger partial charge in [0.2, 0.25) is 0 Å². The number of nitrogens with one attached hydrogen (secondary N) is 1. The molecule has 1 N–H and O–H groups in total. The van der Waals surface area contributed by atoms with Crippen molar-refractivity contribution >= 4 is 11.6 Å². The highest BCUT2D eigenvalue weighted by molar-refractivity contribution is 6.31. The third kappa shape index (κ3) is 3.68. The largest absolute Gasteiger partial charge is 0.379 e. The molecular formula is C15H21ClFNO. The lowest BCUT2D eigenvalue weighted by molar-refractivity contribution is 0.0506. The lowest BCUT2D eigenvalue weighted by Crippen LogP contribution is -2.35. The standard InChI is InChI=1S/C15H21ClFNO/c1-3-8-18-14(15(19-2)10-4-5-10)12-9-11(17)6-7-13(12)16/h6-7,9-10,14-15,18H,3-5,8H2,1-2H3. The molecule has 0 saturated heterocycles. The highest BCUT2D eigenvalue weighted by atomic mass is 35.5. The smallest absolute Gasteiger partial charge is 0.123 e. The molecule has 0 heterocycles. The molecule has 1 aromatic rings. The third-order valence-electron chi connectivity index (χ3n) is 3.59. The van der Waals surface area contributed by atoms with Crippen molar-refractivity contribution in [3.63, 3.8) is 0 Å². The Morgan fingerprint density at radius 2 is 2.21 bits per heavy atom. The summed E-state index contributed by atoms with van der Waals surface area (Å²) in [7, 11) is 1.72. The highest BCUT2D eigenvalue weighted by Crippen LogP contribution is 2.41. The van der Waals surface area contributed by atoms with Gasteiger partial charge in [-0.05, 0) is 55.5 Å². The van der Waals surface area contributed by atoms with Gasteiger partial charge < -0.3 is 10.1 Å². The van der Waals surface area contributed by atoms with E-state index >= 15 is 0 Å². The average Bonchev–Trinajstić information content (AvgIpc) is 3.22. The average molecular weight is 286 g/mol. The molecule has 2 rings (SSSR count). The van der Waals surface area contributed by atoms with Crippen LogP contribution in [0.1, 0.15) is 37.8 Å². The van der Waals surface area contributed by atoms with Crippen molar-refractivity contribution in [2.75, 3.05) is 13.7 Å². The molecular weight excluding hydrogens is 265 g/mol. The van der Waals surface area contributed by atoms with Gasteiger partial charge in [0, 0.05) is 12.1 Å². The van der Waals surface area contributed by atoms with Crippen LogP contribution in [0, 0.1) is 11.7 Å². The molecule has 2 unspecified atom stereocenters. The van der Waals surface area contributed by atoms with Crippen LogP contribution in [0.3, 0.4) is 0 Å². The van der Waals surface area contributed by atoms with E-state index < -0.39 is 0 Å². The summed E-state index contributed by atoms with van der Waals surface area (Å²) >= 11 is 6.23. The molecule has 1 aliphatic rings. The van der Waals surface area contributed by atoms with E-state index in [1.807, 2.05) is 0 Å². The van der Waals surface area contributed by atoms with Crippen molar-refractivity contribution in [2.45, 2.75) is 38.3 Å². The number of hydrogen-bond acceptors (Lipinski definition) is 2. The zero-order chi connectivity index (χ0) is 13.8. The molecule has 106 valence electrons. The van der Waals surface area contributed by atoms with Gasteiger partial charge in [0.25, 0.3) is 0 Å². The first-order valence-electron chi connectivity index (χ1n) is 6.88. The first-order chi connectivity index (χ1) is 9.17. The van der Waals surface area contributed by atoms with Crippen LogP contribution in [0.25, 0.3) is 0 Å². The van der Waals surface area contributed by atoms with Crippen LogP contribution in [0.4, 0.5) is 4.39 Å². The molecule has 2 atom stereocenters. The summed E-state index contributed by atoms with van der Waals surface area (Å²) in [6.07, 6.45) is 3.43. The van der Waals surface area contributed by atoms with Crippen LogP contribution in [0.5, 0.6) is 0 Å². The van der Waals surface area contributed by atoms with Gasteiger partial charge in [-0.2, -0.15) is 0 Å². The second-order valence-corrected chi connectivity index (χ2v) is 5.54. The molecule has 4 heteroatoms. The van der Waals surface area contributed by atoms with Gasteiger partial charge in [-0.3, -0.25) is 0 Å². The van der Waals surface area contributed by atoms with Crippen LogP contribution < -0.4 is 5.32 Å². The Hall–Kier alpha value is -0.640. The van der Waals surface area contributed by atoms with E-state index in [9.17, 15) is 4.39 Å². The van der Waals surface area contributed by atoms with E-state index in [0.29, 0.717) is 10.9 Å². The first kappa shape index (κ1) is 14.8. The summed E-state index contributed by atoms with van der Waals surface area (Å²) < 4.78 is 19.1. The van der Waals surface area contributed by atoms with Crippen molar-refractivity contribution in [1.29, 1.82) is 0 Å². The van der Waals surface area contributed by atoms with E-state index in [4.69, 9.17) is 16.3 Å². The molecule has 19 heavy (non-hydrogen) atoms. The van der Waals surface area contributed by atoms with Crippen molar-refractivity contribution in [3.8, 4) is 0 Å². The number of methoxy groups -OCH3 is 1. The van der Waals surface area contributed by atoms with Gasteiger partial charge in [0.1, 0.15) is 5.82 Å². The predicted molar refractivity (Wildman–Crippen MR) is 76.0 cm³/mol. The monoisotopic (exact) mass is 285 g/mol. The van der Waals surface area contributed by atoms with Gasteiger partial charge >= 0.3 is 0 Å². The highest BCUT2D eigenvalue weighted by Gasteiger charge is 2.38. The molecule has 0 amide bonds. The molecule has 1 aromatic carbocycles. The molecule has 0 radical (unpaired) electrons. The molecule has 0 bridgehead atoms. The van der Waals surface area contributed by atoms with Crippen LogP contribution in [-0.2, 0) is 4.74 Å². The Bertz CT molecular complexity index is 423. The number of benzene rings is 1. The fraction of sp³-hybridized carbons (Fsp3) is 0.600. The molecule has 0 aromatic heterocycles. The van der Waals surface area contributed by atoms with Crippen molar-refractivity contribution < 1.29 is 9.13 Å². The zero-order valence-electron chi connectivity index (χ0n) is 11.5. The lowest BCUT2D eigenvalue weighted by atomic mass is 9.97. The summed E-state index contributed by atoms with van der Waals surface area (Å²) in [5.74, 6) is 0.298. The van der Waals surface area contributed by atoms with Gasteiger partial charge in [0.05, 0.1) is 12.1 Å². The second-order valence-electron chi connectivity index (χ2n) is 5.14. The van der Waals surface area contributed by atoms with Gasteiger partial charge in [-0.1, -0.05) is 18.5 Å². The molecule has 2 nitrogen and oxygen atoms in total. The third-order valence-corrected chi connectivity index (χ3v) is 3.94. The maximum Gasteiger partial charge on any atom is 0.123 e. The summed E-state index contributed by atoms with van der Waals surface area (Å²) in [6.45, 7) is 2.97. The first-order valence-corrected chi connectivity index (χ1v) is 7.26. The minimum Gasteiger partial charge on any atom is -0.379 e. The van der Waals surface area contributed by atoms with Gasteiger partial charge in [0.15, 0.2) is 0 Å². The van der Waals surface area contributed by atoms with Gasteiger partial charge in [-0.15, -0.1) is 0 Å². The fourth-order valence-corrected chi connectivity index (χ4v) is 2.72. The van der Waals surface area contributed by atoms with Crippen molar-refractivity contribution in [3.05, 3.63) is 34.6 Å². The minimum atomic E-state index is -0.256. The SMILES string of the molecule is CCCNC(c1cc(F)ccc1Cl)C(OC)C1CC1. The molecule has 1 fully saturated rings. The Balaban J connectivity index is 2.26. The molecule has 1 aliphatic carbocycles. The Labute approximate surface area is 119 Å². The summed E-state index contributed by atoms with van der Waals surface area (Å²) in [5.41, 5.74) is 0.800. The summed E-state index contributed by atoms with van der Waals surface area (Å²) in [6, 6.07) is 4.48. The van der Waals surface area contributed by atoms with Crippen LogP contribution in [0.2, 0.25) is 5.02 Å². The fourth-order valence-electron chi connectivity index (χ4n) is 2.48.